The summed E-state index contributed by atoms with van der Waals surface area (Å²) in [6.07, 6.45) is 2.14. The Kier molecular flexibility index (Phi) is 3.75. The summed E-state index contributed by atoms with van der Waals surface area (Å²) in [6, 6.07) is 8.01. The minimum atomic E-state index is -4.22. The van der Waals surface area contributed by atoms with E-state index in [1.54, 1.807) is 6.08 Å². The van der Waals surface area contributed by atoms with Crippen molar-refractivity contribution in [1.82, 2.24) is 4.90 Å². The monoisotopic (exact) mass is 253 g/mol. The fourth-order valence-electron chi connectivity index (χ4n) is 1.95. The van der Waals surface area contributed by atoms with Crippen LogP contribution in [0.4, 0.5) is 13.2 Å². The first kappa shape index (κ1) is 12.7. The second-order valence-electron chi connectivity index (χ2n) is 4.19. The highest BCUT2D eigenvalue weighted by atomic mass is 19.4. The van der Waals surface area contributed by atoms with Crippen LogP contribution in [-0.4, -0.2) is 23.7 Å². The summed E-state index contributed by atoms with van der Waals surface area (Å²) in [4.78, 5) is 1.33. The predicted octanol–water partition coefficient (Wildman–Crippen LogP) is 3.55. The van der Waals surface area contributed by atoms with E-state index in [0.717, 1.165) is 5.56 Å². The van der Waals surface area contributed by atoms with Gasteiger partial charge in [-0.3, -0.25) is 0 Å². The molecule has 0 fully saturated rings. The second-order valence-corrected chi connectivity index (χ2v) is 4.19. The Morgan fingerprint density at radius 2 is 1.78 bits per heavy atom. The summed E-state index contributed by atoms with van der Waals surface area (Å²) in [5, 5.41) is 0. The van der Waals surface area contributed by atoms with Gasteiger partial charge in [0.15, 0.2) is 0 Å². The van der Waals surface area contributed by atoms with Gasteiger partial charge in [-0.05, 0) is 24.3 Å². The number of nitrogens with zero attached hydrogens (tertiary/aromatic N) is 1. The predicted molar refractivity (Wildman–Crippen MR) is 65.0 cm³/mol. The molecule has 1 nitrogen and oxygen atoms in total. The summed E-state index contributed by atoms with van der Waals surface area (Å²) in [7, 11) is 0. The molecule has 1 atom stereocenters. The van der Waals surface area contributed by atoms with Crippen LogP contribution in [0.3, 0.4) is 0 Å². The Morgan fingerprint density at radius 3 is 2.44 bits per heavy atom. The molecule has 0 saturated carbocycles. The van der Waals surface area contributed by atoms with E-state index in [2.05, 4.69) is 0 Å². The summed E-state index contributed by atoms with van der Waals surface area (Å²) in [5.74, 6) is 0. The highest BCUT2D eigenvalue weighted by Gasteiger charge is 2.41. The van der Waals surface area contributed by atoms with Crippen LogP contribution in [0.5, 0.6) is 0 Å². The molecule has 0 spiro atoms. The van der Waals surface area contributed by atoms with E-state index >= 15 is 0 Å². The van der Waals surface area contributed by atoms with Crippen LogP contribution >= 0.6 is 0 Å². The molecule has 0 aliphatic carbocycles. The van der Waals surface area contributed by atoms with Gasteiger partial charge in [-0.25, -0.2) is 0 Å². The standard InChI is InChI=1S/C14H14F3N/c15-14(16,17)13-8-4-5-10-18(13)11-9-12-6-2-1-3-7-12/h1-8,10,13H,9,11H2. The maximum absolute atomic E-state index is 12.8. The largest absolute Gasteiger partial charge is 0.412 e. The molecule has 1 unspecified atom stereocenters. The van der Waals surface area contributed by atoms with Gasteiger partial charge in [-0.15, -0.1) is 0 Å². The van der Waals surface area contributed by atoms with Crippen molar-refractivity contribution in [2.24, 2.45) is 0 Å². The van der Waals surface area contributed by atoms with Crippen LogP contribution in [0.2, 0.25) is 0 Å². The smallest absolute Gasteiger partial charge is 0.362 e. The van der Waals surface area contributed by atoms with Crippen LogP contribution in [0.15, 0.2) is 54.8 Å². The van der Waals surface area contributed by atoms with Crippen molar-refractivity contribution in [2.75, 3.05) is 6.54 Å². The molecule has 0 saturated heterocycles. The van der Waals surface area contributed by atoms with Gasteiger partial charge in [0.2, 0.25) is 0 Å². The molecule has 4 heteroatoms. The quantitative estimate of drug-likeness (QED) is 0.796. The molecule has 1 heterocycles. The number of hydrogen-bond donors (Lipinski definition) is 0. The van der Waals surface area contributed by atoms with Crippen molar-refractivity contribution in [3.63, 3.8) is 0 Å². The first-order valence-corrected chi connectivity index (χ1v) is 5.79. The molecule has 0 aromatic heterocycles. The number of allylic oxidation sites excluding steroid dienone is 2. The molecular weight excluding hydrogens is 239 g/mol. The van der Waals surface area contributed by atoms with Crippen molar-refractivity contribution in [1.29, 1.82) is 0 Å². The van der Waals surface area contributed by atoms with Gasteiger partial charge in [-0.1, -0.05) is 42.5 Å². The third-order valence-electron chi connectivity index (χ3n) is 2.88. The van der Waals surface area contributed by atoms with E-state index in [1.807, 2.05) is 30.3 Å². The highest BCUT2D eigenvalue weighted by molar-refractivity contribution is 5.18. The SMILES string of the molecule is FC(F)(F)C1C=CC=CN1CCc1ccccc1. The molecule has 1 aromatic rings. The van der Waals surface area contributed by atoms with Crippen molar-refractivity contribution in [2.45, 2.75) is 18.6 Å². The molecule has 0 amide bonds. The van der Waals surface area contributed by atoms with E-state index in [0.29, 0.717) is 13.0 Å². The van der Waals surface area contributed by atoms with Crippen molar-refractivity contribution < 1.29 is 13.2 Å². The average Bonchev–Trinajstić information content (AvgIpc) is 2.37. The number of alkyl halides is 3. The van der Waals surface area contributed by atoms with Crippen LogP contribution < -0.4 is 0 Å². The lowest BCUT2D eigenvalue weighted by Crippen LogP contribution is -2.43. The van der Waals surface area contributed by atoms with Gasteiger partial charge in [0.25, 0.3) is 0 Å². The lowest BCUT2D eigenvalue weighted by atomic mass is 10.1. The molecule has 1 aliphatic rings. The number of halogens is 3. The number of rotatable bonds is 3. The summed E-state index contributed by atoms with van der Waals surface area (Å²) < 4.78 is 38.4. The van der Waals surface area contributed by atoms with Crippen molar-refractivity contribution in [3.05, 3.63) is 60.3 Å². The Labute approximate surface area is 104 Å². The van der Waals surface area contributed by atoms with E-state index < -0.39 is 12.2 Å². The van der Waals surface area contributed by atoms with Gasteiger partial charge in [0.05, 0.1) is 0 Å². The first-order chi connectivity index (χ1) is 8.57. The molecule has 0 radical (unpaired) electrons. The zero-order chi connectivity index (χ0) is 13.0. The van der Waals surface area contributed by atoms with Gasteiger partial charge >= 0.3 is 6.18 Å². The maximum Gasteiger partial charge on any atom is 0.412 e. The first-order valence-electron chi connectivity index (χ1n) is 5.79. The third-order valence-corrected chi connectivity index (χ3v) is 2.88. The molecule has 0 bridgehead atoms. The summed E-state index contributed by atoms with van der Waals surface area (Å²) >= 11 is 0. The highest BCUT2D eigenvalue weighted by Crippen LogP contribution is 2.28. The van der Waals surface area contributed by atoms with Crippen LogP contribution in [0.1, 0.15) is 5.56 Å². The molecule has 96 valence electrons. The van der Waals surface area contributed by atoms with Crippen LogP contribution in [0, 0.1) is 0 Å². The lowest BCUT2D eigenvalue weighted by Gasteiger charge is -2.31. The summed E-state index contributed by atoms with van der Waals surface area (Å²) in [6.45, 7) is 0.356. The van der Waals surface area contributed by atoms with E-state index in [4.69, 9.17) is 0 Å². The average molecular weight is 253 g/mol. The Balaban J connectivity index is 2.00. The molecule has 1 aromatic carbocycles. The van der Waals surface area contributed by atoms with E-state index in [-0.39, 0.29) is 0 Å². The molecule has 1 aliphatic heterocycles. The maximum atomic E-state index is 12.8. The fourth-order valence-corrected chi connectivity index (χ4v) is 1.95. The summed E-state index contributed by atoms with van der Waals surface area (Å²) in [5.41, 5.74) is 1.04. The van der Waals surface area contributed by atoms with Crippen LogP contribution in [0.25, 0.3) is 0 Å². The normalized spacial score (nSPS) is 19.3. The van der Waals surface area contributed by atoms with E-state index in [9.17, 15) is 13.2 Å². The molecule has 0 N–H and O–H groups in total. The zero-order valence-electron chi connectivity index (χ0n) is 9.77. The zero-order valence-corrected chi connectivity index (χ0v) is 9.77. The topological polar surface area (TPSA) is 3.24 Å². The molecule has 2 rings (SSSR count). The van der Waals surface area contributed by atoms with Gasteiger partial charge in [0.1, 0.15) is 6.04 Å². The fraction of sp³-hybridized carbons (Fsp3) is 0.286. The minimum Gasteiger partial charge on any atom is -0.362 e. The van der Waals surface area contributed by atoms with Gasteiger partial charge in [0, 0.05) is 6.54 Å². The van der Waals surface area contributed by atoms with Crippen molar-refractivity contribution in [3.8, 4) is 0 Å². The molecule has 18 heavy (non-hydrogen) atoms. The minimum absolute atomic E-state index is 0.356. The van der Waals surface area contributed by atoms with Gasteiger partial charge in [-0.2, -0.15) is 13.2 Å². The van der Waals surface area contributed by atoms with Crippen molar-refractivity contribution >= 4 is 0 Å². The Morgan fingerprint density at radius 1 is 1.06 bits per heavy atom. The number of hydrogen-bond acceptors (Lipinski definition) is 1. The Bertz CT molecular complexity index is 434. The second kappa shape index (κ2) is 5.29. The molecular formula is C14H14F3N. The lowest BCUT2D eigenvalue weighted by molar-refractivity contribution is -0.164. The van der Waals surface area contributed by atoms with Crippen LogP contribution in [-0.2, 0) is 6.42 Å². The Hall–Kier alpha value is -1.71. The van der Waals surface area contributed by atoms with E-state index in [1.165, 1.54) is 23.3 Å². The third kappa shape index (κ3) is 3.15. The van der Waals surface area contributed by atoms with Gasteiger partial charge < -0.3 is 4.90 Å². The number of benzene rings is 1.